The number of fused-ring (bicyclic) bond motifs is 2. The van der Waals surface area contributed by atoms with E-state index in [-0.39, 0.29) is 40.0 Å². The Labute approximate surface area is 298 Å². The fourth-order valence-electron chi connectivity index (χ4n) is 12.3. The van der Waals surface area contributed by atoms with Gasteiger partial charge in [-0.3, -0.25) is 4.79 Å². The van der Waals surface area contributed by atoms with Gasteiger partial charge in [0.15, 0.2) is 5.78 Å². The van der Waals surface area contributed by atoms with Gasteiger partial charge < -0.3 is 20.2 Å². The number of likely N-dealkylation sites (tertiary alicyclic amines) is 1. The van der Waals surface area contributed by atoms with Crippen LogP contribution in [-0.4, -0.2) is 57.3 Å². The Kier molecular flexibility index (Phi) is 7.21. The van der Waals surface area contributed by atoms with E-state index in [1.807, 2.05) is 36.4 Å². The molecule has 2 spiro atoms. The van der Waals surface area contributed by atoms with E-state index in [1.165, 1.54) is 0 Å². The minimum atomic E-state index is -0.900. The molecule has 10 rings (SSSR count). The van der Waals surface area contributed by atoms with Crippen molar-refractivity contribution in [2.24, 2.45) is 33.5 Å². The van der Waals surface area contributed by atoms with Crippen molar-refractivity contribution in [1.82, 2.24) is 4.90 Å². The third-order valence-electron chi connectivity index (χ3n) is 15.2. The summed E-state index contributed by atoms with van der Waals surface area (Å²) in [7, 11) is 0. The van der Waals surface area contributed by atoms with Crippen LogP contribution in [0.4, 0.5) is 0 Å². The Bertz CT molecular complexity index is 1860. The summed E-state index contributed by atoms with van der Waals surface area (Å²) in [6, 6.07) is 17.9. The number of allylic oxidation sites excluding steroid dienone is 4. The maximum atomic E-state index is 15.0. The van der Waals surface area contributed by atoms with Gasteiger partial charge in [-0.05, 0) is 110 Å². The number of ketones is 1. The summed E-state index contributed by atoms with van der Waals surface area (Å²) in [4.78, 5) is 18.1. The second kappa shape index (κ2) is 10.8. The summed E-state index contributed by atoms with van der Waals surface area (Å²) in [6.45, 7) is 6.78. The molecule has 2 bridgehead atoms. The molecule has 1 saturated heterocycles. The number of carbonyl (C=O) groups excluding carboxylic acids is 1. The Hall–Kier alpha value is -2.32. The zero-order valence-corrected chi connectivity index (χ0v) is 30.2. The molecule has 4 fully saturated rings. The maximum Gasteiger partial charge on any atom is 0.199 e. The zero-order chi connectivity index (χ0) is 34.0. The van der Waals surface area contributed by atoms with E-state index in [1.54, 1.807) is 11.3 Å². The van der Waals surface area contributed by atoms with Gasteiger partial charge >= 0.3 is 0 Å². The number of hydrogen-bond acceptors (Lipinski definition) is 6. The topological polar surface area (TPSA) is 81.0 Å². The third kappa shape index (κ3) is 4.40. The molecule has 3 N–H and O–H groups in total. The van der Waals surface area contributed by atoms with Gasteiger partial charge in [0, 0.05) is 51.2 Å². The fraction of sp³-hybridized carbons (Fsp3) is 0.548. The number of β-amino-alcohol motifs (C(OH)–C–C–N with tert-alkyl or cyclic N) is 1. The molecule has 7 heteroatoms. The molecule has 0 amide bonds. The summed E-state index contributed by atoms with van der Waals surface area (Å²) in [5.74, 6) is 0.539. The highest BCUT2D eigenvalue weighted by atomic mass is 35.5. The van der Waals surface area contributed by atoms with Crippen LogP contribution in [0.1, 0.15) is 86.9 Å². The van der Waals surface area contributed by atoms with Gasteiger partial charge in [0.1, 0.15) is 0 Å². The largest absolute Gasteiger partial charge is 0.393 e. The van der Waals surface area contributed by atoms with Gasteiger partial charge in [0.25, 0.3) is 0 Å². The van der Waals surface area contributed by atoms with Crippen molar-refractivity contribution in [2.75, 3.05) is 19.6 Å². The third-order valence-corrected chi connectivity index (χ3v) is 16.5. The van der Waals surface area contributed by atoms with Gasteiger partial charge in [-0.25, -0.2) is 0 Å². The van der Waals surface area contributed by atoms with Crippen LogP contribution in [0.25, 0.3) is 10.1 Å². The number of halogens is 1. The van der Waals surface area contributed by atoms with Crippen LogP contribution in [-0.2, 0) is 5.60 Å². The summed E-state index contributed by atoms with van der Waals surface area (Å²) < 4.78 is 1.13. The van der Waals surface area contributed by atoms with Crippen LogP contribution < -0.4 is 0 Å². The zero-order valence-electron chi connectivity index (χ0n) is 28.6. The molecule has 5 nitrogen and oxygen atoms in total. The van der Waals surface area contributed by atoms with Gasteiger partial charge in [-0.15, -0.1) is 11.3 Å². The molecule has 258 valence electrons. The number of rotatable bonds is 5. The number of hydrogen-bond donors (Lipinski definition) is 3. The lowest BCUT2D eigenvalue weighted by atomic mass is 9.32. The highest BCUT2D eigenvalue weighted by Gasteiger charge is 2.74. The molecule has 3 saturated carbocycles. The number of Topliss-reactive ketones (excluding diaryl/α,β-unsaturated/α-hetero) is 1. The Morgan fingerprint density at radius 1 is 0.898 bits per heavy atom. The minimum absolute atomic E-state index is 0.0497. The van der Waals surface area contributed by atoms with Crippen molar-refractivity contribution in [3.05, 3.63) is 93.9 Å². The number of benzene rings is 2. The molecule has 1 aromatic heterocycles. The highest BCUT2D eigenvalue weighted by Crippen LogP contribution is 2.78. The van der Waals surface area contributed by atoms with Gasteiger partial charge in [0.05, 0.1) is 22.2 Å². The molecule has 7 aliphatic rings. The first kappa shape index (κ1) is 32.6. The number of aliphatic hydroxyl groups excluding tert-OH is 1. The van der Waals surface area contributed by atoms with E-state index in [0.29, 0.717) is 50.3 Å². The molecule has 2 aromatic carbocycles. The van der Waals surface area contributed by atoms with E-state index in [4.69, 9.17) is 11.6 Å². The lowest BCUT2D eigenvalue weighted by Crippen LogP contribution is -2.67. The monoisotopic (exact) mass is 697 g/mol. The van der Waals surface area contributed by atoms with Crippen LogP contribution in [0.2, 0.25) is 5.02 Å². The predicted octanol–water partition coefficient (Wildman–Crippen LogP) is 8.31. The Morgan fingerprint density at radius 2 is 1.59 bits per heavy atom. The van der Waals surface area contributed by atoms with Gasteiger partial charge in [0.2, 0.25) is 0 Å². The SMILES string of the molecule is C[C@]12CC[C@H]3[C@]4(C=C[C@@]5(C=C4C(=O)c4cc6ccccc6s4)CC(O)CC[C@]35C)[C@@H]1CC[C@@]2(O)CN1CCC(O)(c2ccc(Cl)cc2)CC1. The summed E-state index contributed by atoms with van der Waals surface area (Å²) >= 11 is 7.72. The second-order valence-electron chi connectivity index (χ2n) is 17.1. The van der Waals surface area contributed by atoms with E-state index in [0.717, 1.165) is 58.2 Å². The number of piperidine rings is 1. The average Bonchev–Trinajstić information content (AvgIpc) is 3.64. The second-order valence-corrected chi connectivity index (χ2v) is 18.6. The average molecular weight is 698 g/mol. The molecular weight excluding hydrogens is 650 g/mol. The minimum Gasteiger partial charge on any atom is -0.393 e. The molecular formula is C42H48ClNO4S. The first-order chi connectivity index (χ1) is 23.3. The molecule has 3 aromatic rings. The lowest BCUT2D eigenvalue weighted by Gasteiger charge is -2.71. The van der Waals surface area contributed by atoms with E-state index in [2.05, 4.69) is 55.2 Å². The van der Waals surface area contributed by atoms with E-state index >= 15 is 0 Å². The first-order valence-corrected chi connectivity index (χ1v) is 19.6. The van der Waals surface area contributed by atoms with Crippen LogP contribution in [0.3, 0.4) is 0 Å². The number of nitrogens with zero attached hydrogens (tertiary/aromatic N) is 1. The Balaban J connectivity index is 1.06. The van der Waals surface area contributed by atoms with Gasteiger partial charge in [-0.1, -0.05) is 74.0 Å². The summed E-state index contributed by atoms with van der Waals surface area (Å²) in [5.41, 5.74) is -1.18. The molecule has 1 unspecified atom stereocenters. The fourth-order valence-corrected chi connectivity index (χ4v) is 13.5. The molecule has 6 aliphatic carbocycles. The summed E-state index contributed by atoms with van der Waals surface area (Å²) in [5, 5.41) is 37.3. The number of carbonyl (C=O) groups is 1. The maximum absolute atomic E-state index is 15.0. The lowest BCUT2D eigenvalue weighted by molar-refractivity contribution is -0.178. The van der Waals surface area contributed by atoms with Crippen molar-refractivity contribution in [3.63, 3.8) is 0 Å². The van der Waals surface area contributed by atoms with Crippen LogP contribution >= 0.6 is 22.9 Å². The molecule has 2 heterocycles. The van der Waals surface area contributed by atoms with E-state index in [9.17, 15) is 20.1 Å². The molecule has 0 radical (unpaired) electrons. The van der Waals surface area contributed by atoms with Crippen molar-refractivity contribution in [3.8, 4) is 0 Å². The van der Waals surface area contributed by atoms with Crippen LogP contribution in [0.5, 0.6) is 0 Å². The van der Waals surface area contributed by atoms with Gasteiger partial charge in [-0.2, -0.15) is 0 Å². The smallest absolute Gasteiger partial charge is 0.199 e. The number of thiophene rings is 1. The van der Waals surface area contributed by atoms with E-state index < -0.39 is 16.6 Å². The van der Waals surface area contributed by atoms with Crippen molar-refractivity contribution >= 4 is 38.8 Å². The highest BCUT2D eigenvalue weighted by molar-refractivity contribution is 7.21. The van der Waals surface area contributed by atoms with Crippen molar-refractivity contribution < 1.29 is 20.1 Å². The number of aliphatic hydroxyl groups is 3. The summed E-state index contributed by atoms with van der Waals surface area (Å²) in [6.07, 6.45) is 13.9. The normalized spacial score (nSPS) is 40.9. The molecule has 49 heavy (non-hydrogen) atoms. The quantitative estimate of drug-likeness (QED) is 0.185. The van der Waals surface area contributed by atoms with Crippen LogP contribution in [0.15, 0.2) is 78.4 Å². The Morgan fingerprint density at radius 3 is 2.35 bits per heavy atom. The molecule has 8 atom stereocenters. The molecule has 1 aliphatic heterocycles. The first-order valence-electron chi connectivity index (χ1n) is 18.4. The van der Waals surface area contributed by atoms with Crippen molar-refractivity contribution in [1.29, 1.82) is 0 Å². The van der Waals surface area contributed by atoms with Crippen LogP contribution in [0, 0.1) is 33.5 Å². The predicted molar refractivity (Wildman–Crippen MR) is 196 cm³/mol. The standard InChI is InChI=1S/C42H48ClNO4S/c1-37-14-11-30(45)24-39(37)17-18-42(31(25-39)36(46)33-23-27-5-3-4-6-32(27)49-33)34(37)12-15-38(2)35(42)13-16-41(38,48)26-44-21-19-40(47,20-22-44)28-7-9-29(43)10-8-28/h3-10,17-18,23,25,30,34-35,45,47-48H,11-16,19-22,24,26H2,1-2H3/t30?,34-,35-,37-,38+,39+,41-,42-/m1/s1. The van der Waals surface area contributed by atoms with Crippen molar-refractivity contribution in [2.45, 2.75) is 88.9 Å².